The Labute approximate surface area is 151 Å². The average Bonchev–Trinajstić information content (AvgIpc) is 2.94. The van der Waals surface area contributed by atoms with Gasteiger partial charge in [-0.1, -0.05) is 11.6 Å². The molecule has 1 amide bonds. The Morgan fingerprint density at radius 1 is 1.21 bits per heavy atom. The van der Waals surface area contributed by atoms with E-state index in [0.717, 1.165) is 43.9 Å². The lowest BCUT2D eigenvalue weighted by atomic mass is 9.94. The molecule has 1 aromatic carbocycles. The molecule has 3 aliphatic rings. The van der Waals surface area contributed by atoms with E-state index in [-0.39, 0.29) is 5.91 Å². The third-order valence-corrected chi connectivity index (χ3v) is 5.90. The van der Waals surface area contributed by atoms with E-state index >= 15 is 0 Å². The van der Waals surface area contributed by atoms with Crippen molar-refractivity contribution in [2.75, 3.05) is 19.6 Å². The summed E-state index contributed by atoms with van der Waals surface area (Å²) in [6.45, 7) is 3.74. The number of thiazole rings is 1. The maximum absolute atomic E-state index is 12.9. The van der Waals surface area contributed by atoms with Gasteiger partial charge in [-0.15, -0.1) is 11.3 Å². The quantitative estimate of drug-likeness (QED) is 0.839. The topological polar surface area (TPSA) is 36.4 Å². The Balaban J connectivity index is 1.50. The molecule has 3 aliphatic heterocycles. The van der Waals surface area contributed by atoms with Crippen molar-refractivity contribution in [3.8, 4) is 0 Å². The molecule has 3 fully saturated rings. The van der Waals surface area contributed by atoms with Crippen LogP contribution in [0.25, 0.3) is 0 Å². The van der Waals surface area contributed by atoms with E-state index in [9.17, 15) is 4.79 Å². The zero-order chi connectivity index (χ0) is 16.5. The molecule has 24 heavy (non-hydrogen) atoms. The number of rotatable bonds is 3. The van der Waals surface area contributed by atoms with Gasteiger partial charge in [-0.3, -0.25) is 9.69 Å². The molecule has 2 bridgehead atoms. The van der Waals surface area contributed by atoms with Crippen molar-refractivity contribution in [2.45, 2.75) is 25.4 Å². The number of fused-ring (bicyclic) bond motifs is 4. The van der Waals surface area contributed by atoms with Gasteiger partial charge in [-0.05, 0) is 43.0 Å². The number of hydrogen-bond donors (Lipinski definition) is 0. The third-order valence-electron chi connectivity index (χ3n) is 5.01. The standard InChI is InChI=1S/C18H20ClN3OS/c19-15-4-2-14(3-5-15)18(23)22-8-13-1-6-17(22)10-21(7-13)9-16-11-24-12-20-16/h2-5,11-13,17H,1,6-10H2/t13-,17+/m0/s1. The second-order valence-electron chi connectivity index (χ2n) is 6.74. The van der Waals surface area contributed by atoms with Crippen LogP contribution >= 0.6 is 22.9 Å². The molecule has 5 rings (SSSR count). The fourth-order valence-corrected chi connectivity index (χ4v) is 4.54. The van der Waals surface area contributed by atoms with Crippen molar-refractivity contribution in [3.63, 3.8) is 0 Å². The Morgan fingerprint density at radius 2 is 2.04 bits per heavy atom. The summed E-state index contributed by atoms with van der Waals surface area (Å²) in [6, 6.07) is 7.54. The molecule has 126 valence electrons. The lowest BCUT2D eigenvalue weighted by Crippen LogP contribution is -2.47. The van der Waals surface area contributed by atoms with Gasteiger partial charge in [-0.2, -0.15) is 0 Å². The van der Waals surface area contributed by atoms with Crippen LogP contribution in [-0.2, 0) is 6.54 Å². The largest absolute Gasteiger partial charge is 0.334 e. The van der Waals surface area contributed by atoms with Crippen LogP contribution in [0.1, 0.15) is 28.9 Å². The zero-order valence-electron chi connectivity index (χ0n) is 13.4. The highest BCUT2D eigenvalue weighted by molar-refractivity contribution is 7.07. The first-order valence-corrected chi connectivity index (χ1v) is 9.67. The molecule has 3 saturated heterocycles. The third kappa shape index (κ3) is 3.34. The minimum Gasteiger partial charge on any atom is -0.334 e. The summed E-state index contributed by atoms with van der Waals surface area (Å²) in [7, 11) is 0. The van der Waals surface area contributed by atoms with Gasteiger partial charge in [-0.25, -0.2) is 4.98 Å². The van der Waals surface area contributed by atoms with E-state index in [4.69, 9.17) is 11.6 Å². The number of halogens is 1. The van der Waals surface area contributed by atoms with Gasteiger partial charge in [0, 0.05) is 48.2 Å². The molecule has 0 N–H and O–H groups in total. The first-order valence-electron chi connectivity index (χ1n) is 8.35. The molecule has 6 heteroatoms. The first-order chi connectivity index (χ1) is 11.7. The minimum absolute atomic E-state index is 0.136. The Bertz CT molecular complexity index is 704. The zero-order valence-corrected chi connectivity index (χ0v) is 15.0. The lowest BCUT2D eigenvalue weighted by molar-refractivity contribution is 0.0585. The molecule has 0 radical (unpaired) electrons. The van der Waals surface area contributed by atoms with Gasteiger partial charge in [0.2, 0.25) is 0 Å². The van der Waals surface area contributed by atoms with Crippen LogP contribution in [-0.4, -0.2) is 46.4 Å². The predicted molar refractivity (Wildman–Crippen MR) is 96.4 cm³/mol. The van der Waals surface area contributed by atoms with Crippen LogP contribution in [0.2, 0.25) is 5.02 Å². The molecule has 1 aromatic heterocycles. The summed E-state index contributed by atoms with van der Waals surface area (Å²) >= 11 is 7.58. The van der Waals surface area contributed by atoms with Gasteiger partial charge in [0.05, 0.1) is 11.2 Å². The number of aromatic nitrogens is 1. The fraction of sp³-hybridized carbons (Fsp3) is 0.444. The van der Waals surface area contributed by atoms with E-state index in [2.05, 4.69) is 20.2 Å². The van der Waals surface area contributed by atoms with Gasteiger partial charge >= 0.3 is 0 Å². The second kappa shape index (κ2) is 6.82. The highest BCUT2D eigenvalue weighted by Crippen LogP contribution is 2.30. The predicted octanol–water partition coefficient (Wildman–Crippen LogP) is 3.53. The number of benzene rings is 1. The number of hydrogen-bond acceptors (Lipinski definition) is 4. The van der Waals surface area contributed by atoms with E-state index in [0.29, 0.717) is 17.0 Å². The van der Waals surface area contributed by atoms with Crippen molar-refractivity contribution in [2.24, 2.45) is 5.92 Å². The molecule has 2 aromatic rings. The summed E-state index contributed by atoms with van der Waals surface area (Å²) in [5.41, 5.74) is 3.76. The monoisotopic (exact) mass is 361 g/mol. The van der Waals surface area contributed by atoms with E-state index in [1.165, 1.54) is 6.42 Å². The molecule has 4 nitrogen and oxygen atoms in total. The Hall–Kier alpha value is -1.43. The minimum atomic E-state index is 0.136. The summed E-state index contributed by atoms with van der Waals surface area (Å²) < 4.78 is 0. The molecule has 0 spiro atoms. The van der Waals surface area contributed by atoms with Crippen LogP contribution in [0.3, 0.4) is 0 Å². The normalized spacial score (nSPS) is 24.1. The maximum Gasteiger partial charge on any atom is 0.254 e. The SMILES string of the molecule is O=C(c1ccc(Cl)cc1)N1C[C@H]2CC[C@@H]1CN(Cc1cscn1)C2. The molecule has 4 heterocycles. The van der Waals surface area contributed by atoms with Crippen molar-refractivity contribution in [1.82, 2.24) is 14.8 Å². The van der Waals surface area contributed by atoms with Crippen LogP contribution < -0.4 is 0 Å². The number of piperidine rings is 1. The Morgan fingerprint density at radius 3 is 2.79 bits per heavy atom. The molecular weight excluding hydrogens is 342 g/mol. The summed E-state index contributed by atoms with van der Waals surface area (Å²) in [6.07, 6.45) is 2.31. The van der Waals surface area contributed by atoms with Gasteiger partial charge in [0.15, 0.2) is 0 Å². The van der Waals surface area contributed by atoms with Crippen molar-refractivity contribution in [1.29, 1.82) is 0 Å². The van der Waals surface area contributed by atoms with Crippen molar-refractivity contribution in [3.05, 3.63) is 51.4 Å². The van der Waals surface area contributed by atoms with Crippen LogP contribution in [0.4, 0.5) is 0 Å². The lowest BCUT2D eigenvalue weighted by Gasteiger charge is -2.36. The molecule has 0 saturated carbocycles. The summed E-state index contributed by atoms with van der Waals surface area (Å²) in [5, 5.41) is 2.78. The number of nitrogens with zero attached hydrogens (tertiary/aromatic N) is 3. The Kier molecular flexibility index (Phi) is 4.57. The molecule has 0 unspecified atom stereocenters. The first kappa shape index (κ1) is 16.1. The molecular formula is C18H20ClN3OS. The summed E-state index contributed by atoms with van der Waals surface area (Å²) in [5.74, 6) is 0.690. The van der Waals surface area contributed by atoms with Crippen LogP contribution in [0.5, 0.6) is 0 Å². The van der Waals surface area contributed by atoms with Gasteiger partial charge < -0.3 is 4.90 Å². The van der Waals surface area contributed by atoms with Gasteiger partial charge in [0.25, 0.3) is 5.91 Å². The number of carbonyl (C=O) groups is 1. The van der Waals surface area contributed by atoms with Crippen LogP contribution in [0, 0.1) is 5.92 Å². The van der Waals surface area contributed by atoms with E-state index < -0.39 is 0 Å². The van der Waals surface area contributed by atoms with Crippen molar-refractivity contribution >= 4 is 28.8 Å². The van der Waals surface area contributed by atoms with E-state index in [1.54, 1.807) is 23.5 Å². The second-order valence-corrected chi connectivity index (χ2v) is 7.89. The highest BCUT2D eigenvalue weighted by Gasteiger charge is 2.37. The number of carbonyl (C=O) groups excluding carboxylic acids is 1. The fourth-order valence-electron chi connectivity index (χ4n) is 3.86. The summed E-state index contributed by atoms with van der Waals surface area (Å²) in [4.78, 5) is 21.9. The highest BCUT2D eigenvalue weighted by atomic mass is 35.5. The average molecular weight is 362 g/mol. The van der Waals surface area contributed by atoms with Gasteiger partial charge in [0.1, 0.15) is 0 Å². The smallest absolute Gasteiger partial charge is 0.254 e. The molecule has 2 atom stereocenters. The van der Waals surface area contributed by atoms with Crippen molar-refractivity contribution < 1.29 is 4.79 Å². The van der Waals surface area contributed by atoms with E-state index in [1.807, 2.05) is 17.6 Å². The number of amides is 1. The molecule has 0 aliphatic carbocycles. The van der Waals surface area contributed by atoms with Crippen LogP contribution in [0.15, 0.2) is 35.2 Å². The maximum atomic E-state index is 12.9.